The van der Waals surface area contributed by atoms with Crippen molar-refractivity contribution in [2.45, 2.75) is 27.3 Å². The number of nitrogens with one attached hydrogen (secondary N) is 1. The Kier molecular flexibility index (Phi) is 7.50. The van der Waals surface area contributed by atoms with Gasteiger partial charge in [0, 0.05) is 57.1 Å². The highest BCUT2D eigenvalue weighted by atomic mass is 16.5. The summed E-state index contributed by atoms with van der Waals surface area (Å²) in [6.45, 7) is 15.1. The molecule has 7 heteroatoms. The average Bonchev–Trinajstić information content (AvgIpc) is 3.05. The van der Waals surface area contributed by atoms with Crippen LogP contribution in [0.3, 0.4) is 0 Å². The summed E-state index contributed by atoms with van der Waals surface area (Å²) in [5, 5.41) is 3.18. The van der Waals surface area contributed by atoms with E-state index in [-0.39, 0.29) is 5.91 Å². The maximum absolute atomic E-state index is 13.4. The van der Waals surface area contributed by atoms with Crippen LogP contribution in [0.15, 0.2) is 24.3 Å². The number of nitrogens with zero attached hydrogens (tertiary/aromatic N) is 3. The van der Waals surface area contributed by atoms with Crippen molar-refractivity contribution in [1.82, 2.24) is 14.8 Å². The first kappa shape index (κ1) is 22.8. The van der Waals surface area contributed by atoms with Gasteiger partial charge in [0.2, 0.25) is 0 Å². The Hall–Kier alpha value is -2.35. The fraction of sp³-hybridized carbons (Fsp3) is 0.560. The maximum atomic E-state index is 13.4. The van der Waals surface area contributed by atoms with Crippen LogP contribution < -0.4 is 10.2 Å². The molecule has 7 nitrogen and oxygen atoms in total. The lowest BCUT2D eigenvalue weighted by Crippen LogP contribution is -2.41. The summed E-state index contributed by atoms with van der Waals surface area (Å²) in [7, 11) is 0. The first-order valence-electron chi connectivity index (χ1n) is 11.7. The number of benzene rings is 1. The number of morpholine rings is 2. The predicted octanol–water partition coefficient (Wildman–Crippen LogP) is 2.36. The number of anilines is 1. The van der Waals surface area contributed by atoms with E-state index in [4.69, 9.17) is 9.47 Å². The molecule has 0 bridgehead atoms. The normalized spacial score (nSPS) is 17.5. The second-order valence-corrected chi connectivity index (χ2v) is 8.79. The minimum atomic E-state index is 0.00507. The van der Waals surface area contributed by atoms with Crippen LogP contribution in [-0.2, 0) is 16.0 Å². The van der Waals surface area contributed by atoms with Crippen LogP contribution in [0, 0.1) is 20.8 Å². The summed E-state index contributed by atoms with van der Waals surface area (Å²) >= 11 is 0. The van der Waals surface area contributed by atoms with Gasteiger partial charge in [0.1, 0.15) is 5.69 Å². The number of ether oxygens (including phenoxy) is 2. The molecule has 0 atom stereocenters. The molecule has 2 fully saturated rings. The molecule has 2 aromatic rings. The molecule has 1 N–H and O–H groups in total. The maximum Gasteiger partial charge on any atom is 0.268 e. The zero-order valence-corrected chi connectivity index (χ0v) is 19.7. The van der Waals surface area contributed by atoms with Gasteiger partial charge in [-0.05, 0) is 26.3 Å². The molecule has 3 heterocycles. The van der Waals surface area contributed by atoms with Crippen molar-refractivity contribution >= 4 is 11.6 Å². The summed E-state index contributed by atoms with van der Waals surface area (Å²) in [4.78, 5) is 18.1. The topological polar surface area (TPSA) is 59.0 Å². The molecular formula is C25H36N4O3. The van der Waals surface area contributed by atoms with E-state index in [1.165, 1.54) is 16.8 Å². The van der Waals surface area contributed by atoms with Gasteiger partial charge in [-0.2, -0.15) is 0 Å². The second-order valence-electron chi connectivity index (χ2n) is 8.79. The van der Waals surface area contributed by atoms with Gasteiger partial charge in [0.05, 0.1) is 32.1 Å². The van der Waals surface area contributed by atoms with Crippen LogP contribution >= 0.6 is 0 Å². The number of hydrogen-bond donors (Lipinski definition) is 1. The van der Waals surface area contributed by atoms with Crippen molar-refractivity contribution in [2.75, 3.05) is 70.6 Å². The minimum Gasteiger partial charge on any atom is -0.379 e. The molecule has 0 saturated carbocycles. The lowest BCUT2D eigenvalue weighted by atomic mass is 10.1. The Bertz CT molecular complexity index is 910. The molecule has 174 valence electrons. The zero-order chi connectivity index (χ0) is 22.5. The smallest absolute Gasteiger partial charge is 0.268 e. The number of rotatable bonds is 7. The first-order chi connectivity index (χ1) is 15.5. The van der Waals surface area contributed by atoms with Crippen LogP contribution in [0.1, 0.15) is 32.9 Å². The van der Waals surface area contributed by atoms with E-state index in [2.05, 4.69) is 64.7 Å². The van der Waals surface area contributed by atoms with Crippen molar-refractivity contribution in [2.24, 2.45) is 0 Å². The van der Waals surface area contributed by atoms with E-state index in [0.29, 0.717) is 13.1 Å². The molecule has 32 heavy (non-hydrogen) atoms. The molecule has 2 aliphatic heterocycles. The number of carbonyl (C=O) groups is 1. The summed E-state index contributed by atoms with van der Waals surface area (Å²) in [6, 6.07) is 8.56. The van der Waals surface area contributed by atoms with Gasteiger partial charge >= 0.3 is 0 Å². The van der Waals surface area contributed by atoms with Crippen molar-refractivity contribution < 1.29 is 14.3 Å². The fourth-order valence-electron chi connectivity index (χ4n) is 4.74. The van der Waals surface area contributed by atoms with Crippen molar-refractivity contribution in [3.05, 3.63) is 52.3 Å². The Balaban J connectivity index is 1.57. The molecule has 0 radical (unpaired) electrons. The van der Waals surface area contributed by atoms with Crippen LogP contribution in [0.4, 0.5) is 5.69 Å². The van der Waals surface area contributed by atoms with Crippen LogP contribution in [0.2, 0.25) is 0 Å². The molecule has 2 aliphatic rings. The van der Waals surface area contributed by atoms with Crippen molar-refractivity contribution in [1.29, 1.82) is 0 Å². The van der Waals surface area contributed by atoms with E-state index in [9.17, 15) is 4.79 Å². The van der Waals surface area contributed by atoms with Crippen LogP contribution in [0.25, 0.3) is 0 Å². The zero-order valence-electron chi connectivity index (χ0n) is 19.7. The third kappa shape index (κ3) is 5.17. The third-order valence-electron chi connectivity index (χ3n) is 6.55. The standard InChI is InChI=1S/C25H36N4O3/c1-19-4-6-22(7-5-19)18-29-21(3)23(28-12-16-32-17-13-28)20(2)24(29)25(30)26-8-9-27-10-14-31-15-11-27/h4-7H,8-18H2,1-3H3,(H,26,30). The van der Waals surface area contributed by atoms with E-state index >= 15 is 0 Å². The summed E-state index contributed by atoms with van der Waals surface area (Å²) in [5.74, 6) is 0.00507. The lowest BCUT2D eigenvalue weighted by molar-refractivity contribution is 0.0383. The number of amides is 1. The highest BCUT2D eigenvalue weighted by molar-refractivity contribution is 5.96. The van der Waals surface area contributed by atoms with Gasteiger partial charge in [-0.25, -0.2) is 0 Å². The number of carbonyl (C=O) groups excluding carboxylic acids is 1. The Morgan fingerprint density at radius 1 is 0.938 bits per heavy atom. The van der Waals surface area contributed by atoms with Gasteiger partial charge < -0.3 is 24.3 Å². The molecule has 1 aromatic carbocycles. The third-order valence-corrected chi connectivity index (χ3v) is 6.55. The molecule has 1 aromatic heterocycles. The Labute approximate surface area is 191 Å². The van der Waals surface area contributed by atoms with Crippen molar-refractivity contribution in [3.63, 3.8) is 0 Å². The second kappa shape index (κ2) is 10.5. The molecule has 0 unspecified atom stereocenters. The average molecular weight is 441 g/mol. The molecule has 0 spiro atoms. The molecular weight excluding hydrogens is 404 g/mol. The monoisotopic (exact) mass is 440 g/mol. The summed E-state index contributed by atoms with van der Waals surface area (Å²) in [5.41, 5.74) is 6.59. The highest BCUT2D eigenvalue weighted by Crippen LogP contribution is 2.32. The predicted molar refractivity (Wildman–Crippen MR) is 127 cm³/mol. The van der Waals surface area contributed by atoms with Gasteiger partial charge in [-0.3, -0.25) is 9.69 Å². The molecule has 1 amide bonds. The van der Waals surface area contributed by atoms with Crippen LogP contribution in [0.5, 0.6) is 0 Å². The number of aryl methyl sites for hydroxylation is 1. The Morgan fingerprint density at radius 2 is 1.56 bits per heavy atom. The summed E-state index contributed by atoms with van der Waals surface area (Å²) < 4.78 is 13.2. The van der Waals surface area contributed by atoms with E-state index in [0.717, 1.165) is 76.1 Å². The SMILES string of the molecule is Cc1ccc(Cn2c(C)c(N3CCOCC3)c(C)c2C(=O)NCCN2CCOCC2)cc1. The van der Waals surface area contributed by atoms with Gasteiger partial charge in [-0.15, -0.1) is 0 Å². The number of aromatic nitrogens is 1. The Morgan fingerprint density at radius 3 is 2.22 bits per heavy atom. The fourth-order valence-corrected chi connectivity index (χ4v) is 4.74. The highest BCUT2D eigenvalue weighted by Gasteiger charge is 2.27. The lowest BCUT2D eigenvalue weighted by Gasteiger charge is -2.29. The largest absolute Gasteiger partial charge is 0.379 e. The first-order valence-corrected chi connectivity index (χ1v) is 11.7. The van der Waals surface area contributed by atoms with Gasteiger partial charge in [0.15, 0.2) is 0 Å². The number of hydrogen-bond acceptors (Lipinski definition) is 5. The quantitative estimate of drug-likeness (QED) is 0.716. The van der Waals surface area contributed by atoms with E-state index < -0.39 is 0 Å². The van der Waals surface area contributed by atoms with E-state index in [1.807, 2.05) is 0 Å². The van der Waals surface area contributed by atoms with Gasteiger partial charge in [0.25, 0.3) is 5.91 Å². The van der Waals surface area contributed by atoms with Crippen molar-refractivity contribution in [3.8, 4) is 0 Å². The molecule has 4 rings (SSSR count). The van der Waals surface area contributed by atoms with Gasteiger partial charge in [-0.1, -0.05) is 29.8 Å². The molecule has 2 saturated heterocycles. The van der Waals surface area contributed by atoms with E-state index in [1.54, 1.807) is 0 Å². The minimum absolute atomic E-state index is 0.00507. The van der Waals surface area contributed by atoms with Crippen LogP contribution in [-0.4, -0.2) is 81.1 Å². The summed E-state index contributed by atoms with van der Waals surface area (Å²) in [6.07, 6.45) is 0. The molecule has 0 aliphatic carbocycles.